The molecule has 0 aromatic heterocycles. The molecule has 0 fully saturated rings. The van der Waals surface area contributed by atoms with Crippen LogP contribution in [0.25, 0.3) is 0 Å². The Morgan fingerprint density at radius 2 is 2.19 bits per heavy atom. The van der Waals surface area contributed by atoms with Crippen molar-refractivity contribution in [3.8, 4) is 0 Å². The van der Waals surface area contributed by atoms with Crippen molar-refractivity contribution in [1.29, 1.82) is 0 Å². The van der Waals surface area contributed by atoms with Crippen molar-refractivity contribution < 1.29 is 0 Å². The molecule has 0 amide bonds. The molecule has 0 saturated heterocycles. The van der Waals surface area contributed by atoms with Gasteiger partial charge in [0.05, 0.1) is 6.21 Å². The lowest BCUT2D eigenvalue weighted by Crippen LogP contribution is -2.45. The van der Waals surface area contributed by atoms with E-state index < -0.39 is 0 Å². The summed E-state index contributed by atoms with van der Waals surface area (Å²) in [5.41, 5.74) is 13.1. The van der Waals surface area contributed by atoms with Gasteiger partial charge in [-0.05, 0) is 74.2 Å². The molecule has 0 bridgehead atoms. The van der Waals surface area contributed by atoms with Crippen LogP contribution in [0.2, 0.25) is 0 Å². The summed E-state index contributed by atoms with van der Waals surface area (Å²) in [6, 6.07) is 4.47. The zero-order valence-electron chi connectivity index (χ0n) is 13.4. The van der Waals surface area contributed by atoms with E-state index >= 15 is 0 Å². The number of aryl methyl sites for hydroxylation is 1. The highest BCUT2D eigenvalue weighted by Crippen LogP contribution is 2.43. The van der Waals surface area contributed by atoms with Crippen LogP contribution >= 0.6 is 12.2 Å². The Morgan fingerprint density at radius 1 is 1.52 bits per heavy atom. The standard InChI is InChI=1S/C16H24N4S/c1-10-6-14-13(7-12(10)9-18-19-15(17)21)11(2)8-16(3,4)20(14)5/h6-7,9,11H,8H2,1-5H3,(H3,17,19,21)/b18-9-/t11-/m0/s1. The van der Waals surface area contributed by atoms with Crippen molar-refractivity contribution in [2.75, 3.05) is 11.9 Å². The number of benzene rings is 1. The average molecular weight is 304 g/mol. The van der Waals surface area contributed by atoms with Crippen molar-refractivity contribution in [3.05, 3.63) is 28.8 Å². The van der Waals surface area contributed by atoms with Gasteiger partial charge < -0.3 is 10.6 Å². The molecule has 0 radical (unpaired) electrons. The first-order valence-electron chi connectivity index (χ1n) is 7.19. The Kier molecular flexibility index (Phi) is 4.23. The van der Waals surface area contributed by atoms with Crippen LogP contribution in [-0.4, -0.2) is 23.9 Å². The summed E-state index contributed by atoms with van der Waals surface area (Å²) in [7, 11) is 2.17. The zero-order chi connectivity index (χ0) is 15.8. The maximum absolute atomic E-state index is 5.38. The van der Waals surface area contributed by atoms with Crippen LogP contribution in [0.4, 0.5) is 5.69 Å². The first-order valence-corrected chi connectivity index (χ1v) is 7.60. The van der Waals surface area contributed by atoms with Crippen molar-refractivity contribution in [3.63, 3.8) is 0 Å². The summed E-state index contributed by atoms with van der Waals surface area (Å²) >= 11 is 4.75. The highest BCUT2D eigenvalue weighted by atomic mass is 32.1. The van der Waals surface area contributed by atoms with Gasteiger partial charge in [-0.15, -0.1) is 0 Å². The second-order valence-electron chi connectivity index (χ2n) is 6.48. The fourth-order valence-electron chi connectivity index (χ4n) is 3.04. The van der Waals surface area contributed by atoms with Gasteiger partial charge in [-0.3, -0.25) is 5.43 Å². The maximum Gasteiger partial charge on any atom is 0.184 e. The van der Waals surface area contributed by atoms with Crippen molar-refractivity contribution >= 4 is 29.2 Å². The predicted octanol–water partition coefficient (Wildman–Crippen LogP) is 2.88. The Bertz CT molecular complexity index is 592. The van der Waals surface area contributed by atoms with Gasteiger partial charge in [0.15, 0.2) is 5.11 Å². The van der Waals surface area contributed by atoms with Crippen molar-refractivity contribution in [2.24, 2.45) is 10.8 Å². The second kappa shape index (κ2) is 5.64. The van der Waals surface area contributed by atoms with Crippen molar-refractivity contribution in [1.82, 2.24) is 5.43 Å². The van der Waals surface area contributed by atoms with E-state index in [0.29, 0.717) is 5.92 Å². The topological polar surface area (TPSA) is 53.6 Å². The van der Waals surface area contributed by atoms with E-state index in [4.69, 9.17) is 18.0 Å². The first kappa shape index (κ1) is 15.8. The van der Waals surface area contributed by atoms with Gasteiger partial charge in [0.1, 0.15) is 0 Å². The van der Waals surface area contributed by atoms with E-state index in [-0.39, 0.29) is 10.7 Å². The van der Waals surface area contributed by atoms with Crippen molar-refractivity contribution in [2.45, 2.75) is 45.6 Å². The SMILES string of the molecule is Cc1cc2c(cc1/C=N\NC(N)=S)[C@@H](C)CC(C)(C)N2C. The number of nitrogens with zero attached hydrogens (tertiary/aromatic N) is 2. The van der Waals surface area contributed by atoms with E-state index in [9.17, 15) is 0 Å². The number of nitrogens with one attached hydrogen (secondary N) is 1. The minimum Gasteiger partial charge on any atom is -0.375 e. The van der Waals surface area contributed by atoms with Gasteiger partial charge in [0.2, 0.25) is 0 Å². The summed E-state index contributed by atoms with van der Waals surface area (Å²) < 4.78 is 0. The van der Waals surface area contributed by atoms with Crippen LogP contribution < -0.4 is 16.1 Å². The van der Waals surface area contributed by atoms with Gasteiger partial charge in [0.25, 0.3) is 0 Å². The van der Waals surface area contributed by atoms with Gasteiger partial charge in [-0.1, -0.05) is 6.92 Å². The molecule has 114 valence electrons. The number of hydrazone groups is 1. The average Bonchev–Trinajstić information content (AvgIpc) is 2.36. The molecule has 0 saturated carbocycles. The molecule has 4 nitrogen and oxygen atoms in total. The summed E-state index contributed by atoms with van der Waals surface area (Å²) in [5, 5.41) is 4.25. The highest BCUT2D eigenvalue weighted by molar-refractivity contribution is 7.80. The van der Waals surface area contributed by atoms with E-state index in [0.717, 1.165) is 12.0 Å². The fourth-order valence-corrected chi connectivity index (χ4v) is 3.09. The second-order valence-corrected chi connectivity index (χ2v) is 6.92. The molecule has 0 spiro atoms. The van der Waals surface area contributed by atoms with Crippen LogP contribution in [0.3, 0.4) is 0 Å². The van der Waals surface area contributed by atoms with Crippen LogP contribution in [0.5, 0.6) is 0 Å². The Morgan fingerprint density at radius 3 is 2.81 bits per heavy atom. The van der Waals surface area contributed by atoms with Gasteiger partial charge in [-0.25, -0.2) is 0 Å². The molecule has 0 aliphatic carbocycles. The largest absolute Gasteiger partial charge is 0.375 e. The maximum atomic E-state index is 5.38. The van der Waals surface area contributed by atoms with Crippen LogP contribution in [0, 0.1) is 6.92 Å². The number of nitrogens with two attached hydrogens (primary N) is 1. The Balaban J connectivity index is 2.41. The third kappa shape index (κ3) is 3.18. The predicted molar refractivity (Wildman–Crippen MR) is 94.2 cm³/mol. The summed E-state index contributed by atoms with van der Waals surface area (Å²) in [6.07, 6.45) is 2.92. The number of anilines is 1. The van der Waals surface area contributed by atoms with Crippen LogP contribution in [-0.2, 0) is 0 Å². The van der Waals surface area contributed by atoms with Crippen LogP contribution in [0.15, 0.2) is 17.2 Å². The molecular formula is C16H24N4S. The lowest BCUT2D eigenvalue weighted by atomic mass is 9.79. The minimum atomic E-state index is 0.178. The van der Waals surface area contributed by atoms with Crippen LogP contribution in [0.1, 0.15) is 49.8 Å². The van der Waals surface area contributed by atoms with Gasteiger partial charge in [0, 0.05) is 18.3 Å². The summed E-state index contributed by atoms with van der Waals surface area (Å²) in [6.45, 7) is 8.98. The first-order chi connectivity index (χ1) is 9.72. The number of thiocarbonyl (C=S) groups is 1. The monoisotopic (exact) mass is 304 g/mol. The molecule has 2 rings (SSSR count). The summed E-state index contributed by atoms with van der Waals surface area (Å²) in [5.74, 6) is 0.530. The third-order valence-electron chi connectivity index (χ3n) is 4.40. The molecule has 3 N–H and O–H groups in total. The normalized spacial score (nSPS) is 20.4. The molecule has 1 aromatic carbocycles. The number of hydrogen-bond donors (Lipinski definition) is 2. The smallest absolute Gasteiger partial charge is 0.184 e. The molecule has 1 aromatic rings. The summed E-state index contributed by atoms with van der Waals surface area (Å²) in [4.78, 5) is 2.38. The van der Waals surface area contributed by atoms with E-state index in [2.05, 4.69) is 62.3 Å². The molecule has 1 aliphatic rings. The molecule has 1 aliphatic heterocycles. The van der Waals surface area contributed by atoms with E-state index in [1.807, 2.05) is 0 Å². The van der Waals surface area contributed by atoms with E-state index in [1.165, 1.54) is 16.8 Å². The molecule has 1 atom stereocenters. The fraction of sp³-hybridized carbons (Fsp3) is 0.500. The quantitative estimate of drug-likeness (QED) is 0.501. The highest BCUT2D eigenvalue weighted by Gasteiger charge is 2.34. The number of rotatable bonds is 2. The lowest BCUT2D eigenvalue weighted by molar-refractivity contribution is 0.395. The number of hydrogen-bond acceptors (Lipinski definition) is 3. The van der Waals surface area contributed by atoms with Gasteiger partial charge in [-0.2, -0.15) is 5.10 Å². The molecule has 1 heterocycles. The third-order valence-corrected chi connectivity index (χ3v) is 4.49. The Hall–Kier alpha value is -1.62. The molecular weight excluding hydrogens is 280 g/mol. The lowest BCUT2D eigenvalue weighted by Gasteiger charge is -2.45. The zero-order valence-corrected chi connectivity index (χ0v) is 14.2. The van der Waals surface area contributed by atoms with Gasteiger partial charge >= 0.3 is 0 Å². The Labute approximate surface area is 132 Å². The minimum absolute atomic E-state index is 0.178. The van der Waals surface area contributed by atoms with E-state index in [1.54, 1.807) is 6.21 Å². The number of fused-ring (bicyclic) bond motifs is 1. The molecule has 21 heavy (non-hydrogen) atoms. The molecule has 5 heteroatoms. The molecule has 0 unspecified atom stereocenters.